The fraction of sp³-hybridized carbons (Fsp3) is 0.556. The van der Waals surface area contributed by atoms with Crippen LogP contribution in [0.4, 0.5) is 0 Å². The van der Waals surface area contributed by atoms with Crippen molar-refractivity contribution in [3.63, 3.8) is 0 Å². The first-order chi connectivity index (χ1) is 6.57. The summed E-state index contributed by atoms with van der Waals surface area (Å²) < 4.78 is 1.72. The molecule has 0 spiro atoms. The van der Waals surface area contributed by atoms with Gasteiger partial charge in [0.1, 0.15) is 5.69 Å². The third kappa shape index (κ3) is 2.15. The van der Waals surface area contributed by atoms with Crippen LogP contribution in [-0.4, -0.2) is 38.8 Å². The first-order valence-electron chi connectivity index (χ1n) is 4.37. The van der Waals surface area contributed by atoms with Gasteiger partial charge in [0.05, 0.1) is 12.5 Å². The molecule has 1 heterocycles. The molecular formula is C9H14BrN3O. The molecule has 1 aromatic heterocycles. The average Bonchev–Trinajstić information content (AvgIpc) is 2.61. The zero-order valence-corrected chi connectivity index (χ0v) is 10.2. The number of hydrogen-bond donors (Lipinski definition) is 0. The second kappa shape index (κ2) is 4.59. The predicted octanol–water partition coefficient (Wildman–Crippen LogP) is 1.28. The summed E-state index contributed by atoms with van der Waals surface area (Å²) in [5.41, 5.74) is 0.611. The molecular weight excluding hydrogens is 246 g/mol. The van der Waals surface area contributed by atoms with Crippen LogP contribution in [0, 0.1) is 0 Å². The summed E-state index contributed by atoms with van der Waals surface area (Å²) in [4.78, 5) is 17.5. The van der Waals surface area contributed by atoms with Crippen molar-refractivity contribution in [2.24, 2.45) is 7.05 Å². The molecule has 1 unspecified atom stereocenters. The second-order valence-electron chi connectivity index (χ2n) is 3.31. The Labute approximate surface area is 92.0 Å². The van der Waals surface area contributed by atoms with E-state index in [9.17, 15) is 4.79 Å². The van der Waals surface area contributed by atoms with E-state index in [1.807, 2.05) is 14.0 Å². The van der Waals surface area contributed by atoms with Crippen LogP contribution in [0.1, 0.15) is 17.4 Å². The van der Waals surface area contributed by atoms with Crippen LogP contribution in [-0.2, 0) is 7.05 Å². The predicted molar refractivity (Wildman–Crippen MR) is 58.6 cm³/mol. The molecule has 1 rings (SSSR count). The van der Waals surface area contributed by atoms with E-state index in [4.69, 9.17) is 0 Å². The fourth-order valence-corrected chi connectivity index (χ4v) is 1.48. The van der Waals surface area contributed by atoms with Gasteiger partial charge in [-0.2, -0.15) is 0 Å². The third-order valence-electron chi connectivity index (χ3n) is 2.24. The Morgan fingerprint density at radius 3 is 2.86 bits per heavy atom. The molecule has 0 saturated heterocycles. The largest absolute Gasteiger partial charge is 0.337 e. The molecule has 1 amide bonds. The number of aromatic nitrogens is 2. The SMILES string of the molecule is CC(CBr)N(C)C(=O)c1cncn1C. The Balaban J connectivity index is 2.81. The van der Waals surface area contributed by atoms with Gasteiger partial charge in [-0.3, -0.25) is 4.79 Å². The van der Waals surface area contributed by atoms with E-state index < -0.39 is 0 Å². The molecule has 4 nitrogen and oxygen atoms in total. The Kier molecular flexibility index (Phi) is 3.69. The Morgan fingerprint density at radius 1 is 1.79 bits per heavy atom. The first kappa shape index (κ1) is 11.2. The number of nitrogens with zero attached hydrogens (tertiary/aromatic N) is 3. The maximum atomic E-state index is 11.9. The van der Waals surface area contributed by atoms with Gasteiger partial charge in [-0.05, 0) is 6.92 Å². The van der Waals surface area contributed by atoms with Gasteiger partial charge in [0.2, 0.25) is 0 Å². The van der Waals surface area contributed by atoms with E-state index in [2.05, 4.69) is 20.9 Å². The molecule has 14 heavy (non-hydrogen) atoms. The minimum atomic E-state index is -0.00282. The summed E-state index contributed by atoms with van der Waals surface area (Å²) >= 11 is 3.35. The molecule has 5 heteroatoms. The van der Waals surface area contributed by atoms with Gasteiger partial charge < -0.3 is 9.47 Å². The lowest BCUT2D eigenvalue weighted by Gasteiger charge is -2.22. The summed E-state index contributed by atoms with van der Waals surface area (Å²) in [5.74, 6) is -0.00282. The number of carbonyl (C=O) groups excluding carboxylic acids is 1. The minimum Gasteiger partial charge on any atom is -0.337 e. The van der Waals surface area contributed by atoms with Crippen LogP contribution in [0.2, 0.25) is 0 Å². The van der Waals surface area contributed by atoms with E-state index >= 15 is 0 Å². The molecule has 0 radical (unpaired) electrons. The number of halogens is 1. The summed E-state index contributed by atoms with van der Waals surface area (Å²) in [6.45, 7) is 1.99. The van der Waals surface area contributed by atoms with E-state index in [-0.39, 0.29) is 11.9 Å². The van der Waals surface area contributed by atoms with Crippen LogP contribution in [0.3, 0.4) is 0 Å². The molecule has 78 valence electrons. The number of alkyl halides is 1. The molecule has 0 saturated carbocycles. The number of carbonyl (C=O) groups is 1. The molecule has 0 aliphatic heterocycles. The number of amides is 1. The molecule has 0 aliphatic carbocycles. The van der Waals surface area contributed by atoms with Crippen LogP contribution in [0.15, 0.2) is 12.5 Å². The second-order valence-corrected chi connectivity index (χ2v) is 3.96. The van der Waals surface area contributed by atoms with Crippen molar-refractivity contribution in [3.05, 3.63) is 18.2 Å². The highest BCUT2D eigenvalue weighted by atomic mass is 79.9. The molecule has 1 atom stereocenters. The van der Waals surface area contributed by atoms with Gasteiger partial charge in [0.15, 0.2) is 0 Å². The Hall–Kier alpha value is -0.840. The quantitative estimate of drug-likeness (QED) is 0.768. The van der Waals surface area contributed by atoms with Gasteiger partial charge in [0, 0.05) is 25.5 Å². The number of imidazole rings is 1. The lowest BCUT2D eigenvalue weighted by Crippen LogP contribution is -2.36. The highest BCUT2D eigenvalue weighted by molar-refractivity contribution is 9.09. The van der Waals surface area contributed by atoms with Gasteiger partial charge in [0.25, 0.3) is 5.91 Å². The van der Waals surface area contributed by atoms with Crippen LogP contribution < -0.4 is 0 Å². The lowest BCUT2D eigenvalue weighted by molar-refractivity contribution is 0.0748. The molecule has 1 aromatic rings. The number of hydrogen-bond acceptors (Lipinski definition) is 2. The maximum Gasteiger partial charge on any atom is 0.272 e. The molecule has 0 aliphatic rings. The van der Waals surface area contributed by atoms with Crippen molar-refractivity contribution < 1.29 is 4.79 Å². The number of aryl methyl sites for hydroxylation is 1. The van der Waals surface area contributed by atoms with E-state index in [0.29, 0.717) is 5.69 Å². The number of rotatable bonds is 3. The van der Waals surface area contributed by atoms with Gasteiger partial charge in [-0.1, -0.05) is 15.9 Å². The molecule has 0 fully saturated rings. The van der Waals surface area contributed by atoms with Crippen molar-refractivity contribution in [2.45, 2.75) is 13.0 Å². The van der Waals surface area contributed by atoms with Crippen LogP contribution in [0.25, 0.3) is 0 Å². The zero-order valence-electron chi connectivity index (χ0n) is 8.57. The van der Waals surface area contributed by atoms with Crippen molar-refractivity contribution in [3.8, 4) is 0 Å². The summed E-state index contributed by atoms with van der Waals surface area (Å²) in [5, 5.41) is 0.771. The van der Waals surface area contributed by atoms with Gasteiger partial charge in [-0.15, -0.1) is 0 Å². The normalized spacial score (nSPS) is 12.6. The monoisotopic (exact) mass is 259 g/mol. The van der Waals surface area contributed by atoms with Crippen LogP contribution >= 0.6 is 15.9 Å². The molecule has 0 bridgehead atoms. The van der Waals surface area contributed by atoms with Crippen molar-refractivity contribution >= 4 is 21.8 Å². The molecule has 0 aromatic carbocycles. The van der Waals surface area contributed by atoms with E-state index in [0.717, 1.165) is 5.33 Å². The maximum absolute atomic E-state index is 11.9. The highest BCUT2D eigenvalue weighted by Crippen LogP contribution is 2.06. The lowest BCUT2D eigenvalue weighted by atomic mass is 10.3. The van der Waals surface area contributed by atoms with Crippen molar-refractivity contribution in [2.75, 3.05) is 12.4 Å². The van der Waals surface area contributed by atoms with Gasteiger partial charge >= 0.3 is 0 Å². The summed E-state index contributed by atoms with van der Waals surface area (Å²) in [7, 11) is 3.61. The standard InChI is InChI=1S/C9H14BrN3O/c1-7(4-10)13(3)9(14)8-5-11-6-12(8)2/h5-7H,4H2,1-3H3. The van der Waals surface area contributed by atoms with E-state index in [1.54, 1.807) is 29.0 Å². The van der Waals surface area contributed by atoms with Crippen LogP contribution in [0.5, 0.6) is 0 Å². The minimum absolute atomic E-state index is 0.00282. The smallest absolute Gasteiger partial charge is 0.272 e. The van der Waals surface area contributed by atoms with Crippen molar-refractivity contribution in [1.82, 2.24) is 14.5 Å². The van der Waals surface area contributed by atoms with Gasteiger partial charge in [-0.25, -0.2) is 4.98 Å². The fourth-order valence-electron chi connectivity index (χ4n) is 1.05. The first-order valence-corrected chi connectivity index (χ1v) is 5.49. The highest BCUT2D eigenvalue weighted by Gasteiger charge is 2.18. The Morgan fingerprint density at radius 2 is 2.43 bits per heavy atom. The van der Waals surface area contributed by atoms with E-state index in [1.165, 1.54) is 0 Å². The Bertz CT molecular complexity index is 324. The third-order valence-corrected chi connectivity index (χ3v) is 3.18. The molecule has 0 N–H and O–H groups in total. The average molecular weight is 260 g/mol. The summed E-state index contributed by atoms with van der Waals surface area (Å²) in [6.07, 6.45) is 3.21. The topological polar surface area (TPSA) is 38.1 Å². The van der Waals surface area contributed by atoms with Crippen molar-refractivity contribution in [1.29, 1.82) is 0 Å². The zero-order chi connectivity index (χ0) is 10.7. The summed E-state index contributed by atoms with van der Waals surface area (Å²) in [6, 6.07) is 0.178.